The number of hydrogen-bond donors (Lipinski definition) is 2. The van der Waals surface area contributed by atoms with Gasteiger partial charge in [0.2, 0.25) is 0 Å². The van der Waals surface area contributed by atoms with Gasteiger partial charge in [0.05, 0.1) is 0 Å². The third-order valence-corrected chi connectivity index (χ3v) is 3.87. The van der Waals surface area contributed by atoms with E-state index >= 15 is 0 Å². The normalized spacial score (nSPS) is 11.3. The number of nitrogens with two attached hydrogens (primary N) is 2. The summed E-state index contributed by atoms with van der Waals surface area (Å²) in [5.41, 5.74) is 15.8. The molecule has 3 aromatic rings. The van der Waals surface area contributed by atoms with Crippen LogP contribution in [0.25, 0.3) is 22.3 Å². The van der Waals surface area contributed by atoms with Gasteiger partial charge in [-0.05, 0) is 41.5 Å². The van der Waals surface area contributed by atoms with Crippen molar-refractivity contribution in [1.29, 1.82) is 0 Å². The van der Waals surface area contributed by atoms with E-state index in [9.17, 15) is 13.2 Å². The maximum absolute atomic E-state index is 12.5. The molecule has 0 aliphatic carbocycles. The van der Waals surface area contributed by atoms with Crippen LogP contribution in [0, 0.1) is 0 Å². The van der Waals surface area contributed by atoms with Crippen LogP contribution in [-0.2, 0) is 0 Å². The Morgan fingerprint density at radius 1 is 0.769 bits per heavy atom. The maximum atomic E-state index is 12.5. The summed E-state index contributed by atoms with van der Waals surface area (Å²) in [7, 11) is 0. The Morgan fingerprint density at radius 2 is 1.42 bits per heavy atom. The van der Waals surface area contributed by atoms with Crippen LogP contribution in [0.3, 0.4) is 0 Å². The van der Waals surface area contributed by atoms with Crippen LogP contribution in [0.2, 0.25) is 0 Å². The lowest BCUT2D eigenvalue weighted by atomic mass is 9.97. The Bertz CT molecular complexity index is 906. The average Bonchev–Trinajstić information content (AvgIpc) is 2.61. The predicted octanol–water partition coefficient (Wildman–Crippen LogP) is 5.13. The van der Waals surface area contributed by atoms with Gasteiger partial charge in [-0.2, -0.15) is 13.2 Å². The van der Waals surface area contributed by atoms with Gasteiger partial charge in [-0.25, -0.2) is 0 Å². The molecule has 0 radical (unpaired) electrons. The van der Waals surface area contributed by atoms with Gasteiger partial charge in [-0.3, -0.25) is 0 Å². The van der Waals surface area contributed by atoms with Gasteiger partial charge in [-0.15, -0.1) is 0 Å². The third-order valence-electron chi connectivity index (χ3n) is 3.87. The Hall–Kier alpha value is -3.15. The van der Waals surface area contributed by atoms with E-state index in [-0.39, 0.29) is 5.75 Å². The van der Waals surface area contributed by atoms with Crippen molar-refractivity contribution < 1.29 is 17.9 Å². The van der Waals surface area contributed by atoms with Gasteiger partial charge in [0.1, 0.15) is 5.75 Å². The zero-order chi connectivity index (χ0) is 18.7. The minimum Gasteiger partial charge on any atom is -0.483 e. The first-order chi connectivity index (χ1) is 12.3. The summed E-state index contributed by atoms with van der Waals surface area (Å²) in [6, 6.07) is 19.2. The Kier molecular flexibility index (Phi) is 4.75. The molecule has 134 valence electrons. The molecule has 0 fully saturated rings. The fourth-order valence-electron chi connectivity index (χ4n) is 2.62. The number of anilines is 2. The monoisotopic (exact) mass is 358 g/mol. The highest BCUT2D eigenvalue weighted by atomic mass is 19.4. The van der Waals surface area contributed by atoms with Crippen molar-refractivity contribution in [2.75, 3.05) is 18.1 Å². The van der Waals surface area contributed by atoms with Gasteiger partial charge in [-0.1, -0.05) is 36.4 Å². The van der Waals surface area contributed by atoms with Crippen LogP contribution in [0.5, 0.6) is 5.75 Å². The molecule has 3 rings (SSSR count). The topological polar surface area (TPSA) is 61.3 Å². The van der Waals surface area contributed by atoms with Crippen molar-refractivity contribution in [1.82, 2.24) is 0 Å². The molecule has 0 saturated carbocycles. The summed E-state index contributed by atoms with van der Waals surface area (Å²) < 4.78 is 42.5. The minimum atomic E-state index is -4.41. The number of hydrogen-bond acceptors (Lipinski definition) is 3. The number of nitrogen functional groups attached to an aromatic ring is 2. The molecule has 3 nitrogen and oxygen atoms in total. The molecular formula is C20H17F3N2O. The predicted molar refractivity (Wildman–Crippen MR) is 97.7 cm³/mol. The number of benzene rings is 3. The van der Waals surface area contributed by atoms with Crippen LogP contribution >= 0.6 is 0 Å². The Morgan fingerprint density at radius 3 is 2.12 bits per heavy atom. The average molecular weight is 358 g/mol. The second kappa shape index (κ2) is 7.00. The van der Waals surface area contributed by atoms with Crippen molar-refractivity contribution in [3.8, 4) is 28.0 Å². The molecule has 0 amide bonds. The molecule has 0 spiro atoms. The molecule has 0 aromatic heterocycles. The van der Waals surface area contributed by atoms with Crippen molar-refractivity contribution in [3.63, 3.8) is 0 Å². The Labute approximate surface area is 149 Å². The van der Waals surface area contributed by atoms with Gasteiger partial charge >= 0.3 is 6.18 Å². The van der Waals surface area contributed by atoms with E-state index in [4.69, 9.17) is 16.2 Å². The molecule has 0 aliphatic heterocycles. The van der Waals surface area contributed by atoms with Gasteiger partial charge in [0.25, 0.3) is 0 Å². The quantitative estimate of drug-likeness (QED) is 0.636. The van der Waals surface area contributed by atoms with E-state index in [0.29, 0.717) is 22.5 Å². The summed E-state index contributed by atoms with van der Waals surface area (Å²) in [5, 5.41) is 0. The minimum absolute atomic E-state index is 0.131. The molecule has 0 saturated heterocycles. The van der Waals surface area contributed by atoms with E-state index < -0.39 is 12.8 Å². The van der Waals surface area contributed by atoms with Crippen LogP contribution in [0.4, 0.5) is 24.5 Å². The highest BCUT2D eigenvalue weighted by Gasteiger charge is 2.29. The number of ether oxygens (including phenoxy) is 1. The van der Waals surface area contributed by atoms with E-state index in [0.717, 1.165) is 11.1 Å². The van der Waals surface area contributed by atoms with Crippen molar-refractivity contribution in [2.45, 2.75) is 6.18 Å². The van der Waals surface area contributed by atoms with Crippen molar-refractivity contribution in [2.24, 2.45) is 0 Å². The third kappa shape index (κ3) is 4.08. The summed E-state index contributed by atoms with van der Waals surface area (Å²) in [6.45, 7) is -1.36. The summed E-state index contributed by atoms with van der Waals surface area (Å²) in [6.07, 6.45) is -4.41. The van der Waals surface area contributed by atoms with E-state index in [1.165, 1.54) is 6.07 Å². The second-order valence-corrected chi connectivity index (χ2v) is 5.82. The second-order valence-electron chi connectivity index (χ2n) is 5.82. The molecule has 3 aromatic carbocycles. The zero-order valence-electron chi connectivity index (χ0n) is 13.8. The van der Waals surface area contributed by atoms with E-state index in [1.54, 1.807) is 36.4 Å². The van der Waals surface area contributed by atoms with Crippen molar-refractivity contribution >= 4 is 11.4 Å². The smallest absolute Gasteiger partial charge is 0.422 e. The molecule has 0 heterocycles. The summed E-state index contributed by atoms with van der Waals surface area (Å²) >= 11 is 0. The van der Waals surface area contributed by atoms with E-state index in [2.05, 4.69) is 0 Å². The van der Waals surface area contributed by atoms with Crippen LogP contribution in [0.15, 0.2) is 66.7 Å². The first-order valence-corrected chi connectivity index (χ1v) is 7.88. The number of halogens is 3. The molecule has 6 heteroatoms. The van der Waals surface area contributed by atoms with Gasteiger partial charge in [0, 0.05) is 22.5 Å². The van der Waals surface area contributed by atoms with Crippen LogP contribution in [-0.4, -0.2) is 12.8 Å². The lowest BCUT2D eigenvalue weighted by Gasteiger charge is -2.15. The molecule has 0 bridgehead atoms. The SMILES string of the molecule is Nc1ccc(-c2ccc(N)c(-c3ccccc3OCC(F)(F)F)c2)cc1. The van der Waals surface area contributed by atoms with E-state index in [1.807, 2.05) is 24.3 Å². The van der Waals surface area contributed by atoms with Gasteiger partial charge < -0.3 is 16.2 Å². The maximum Gasteiger partial charge on any atom is 0.422 e. The molecule has 0 unspecified atom stereocenters. The largest absolute Gasteiger partial charge is 0.483 e. The van der Waals surface area contributed by atoms with Crippen LogP contribution < -0.4 is 16.2 Å². The highest BCUT2D eigenvalue weighted by molar-refractivity contribution is 5.84. The Balaban J connectivity index is 2.01. The van der Waals surface area contributed by atoms with Gasteiger partial charge in [0.15, 0.2) is 6.61 Å². The molecule has 0 aliphatic rings. The first kappa shape index (κ1) is 17.7. The first-order valence-electron chi connectivity index (χ1n) is 7.88. The zero-order valence-corrected chi connectivity index (χ0v) is 13.8. The molecular weight excluding hydrogens is 341 g/mol. The van der Waals surface area contributed by atoms with Crippen LogP contribution in [0.1, 0.15) is 0 Å². The van der Waals surface area contributed by atoms with Crippen molar-refractivity contribution in [3.05, 3.63) is 66.7 Å². The number of alkyl halides is 3. The molecule has 4 N–H and O–H groups in total. The highest BCUT2D eigenvalue weighted by Crippen LogP contribution is 2.37. The fourth-order valence-corrected chi connectivity index (χ4v) is 2.62. The summed E-state index contributed by atoms with van der Waals surface area (Å²) in [4.78, 5) is 0. The fraction of sp³-hybridized carbons (Fsp3) is 0.100. The number of rotatable bonds is 4. The standard InChI is InChI=1S/C20H17F3N2O/c21-20(22,23)12-26-19-4-2-1-3-16(19)17-11-14(7-10-18(17)25)13-5-8-15(24)9-6-13/h1-11H,12,24-25H2. The summed E-state index contributed by atoms with van der Waals surface area (Å²) in [5.74, 6) is 0.131. The molecule has 0 atom stereocenters. The lowest BCUT2D eigenvalue weighted by Crippen LogP contribution is -2.19. The number of para-hydroxylation sites is 1. The molecule has 26 heavy (non-hydrogen) atoms. The lowest BCUT2D eigenvalue weighted by molar-refractivity contribution is -0.153.